The van der Waals surface area contributed by atoms with Crippen LogP contribution in [0.25, 0.3) is 0 Å². The average Bonchev–Trinajstić information content (AvgIpc) is 2.63. The van der Waals surface area contributed by atoms with Gasteiger partial charge in [-0.25, -0.2) is 0 Å². The minimum atomic E-state index is 0.836. The lowest BCUT2D eigenvalue weighted by atomic mass is 10.2. The number of halogens is 1. The van der Waals surface area contributed by atoms with E-state index in [0.717, 1.165) is 33.0 Å². The van der Waals surface area contributed by atoms with E-state index in [-0.39, 0.29) is 0 Å². The van der Waals surface area contributed by atoms with Crippen molar-refractivity contribution in [2.75, 3.05) is 19.1 Å². The summed E-state index contributed by atoms with van der Waals surface area (Å²) in [6, 6.07) is 24.3. The Labute approximate surface area is 150 Å². The molecule has 0 aliphatic heterocycles. The Balaban J connectivity index is 2.08. The van der Waals surface area contributed by atoms with Crippen molar-refractivity contribution in [2.45, 2.75) is 0 Å². The van der Waals surface area contributed by atoms with Crippen LogP contribution < -0.4 is 14.4 Å². The van der Waals surface area contributed by atoms with Crippen LogP contribution in [-0.2, 0) is 0 Å². The van der Waals surface area contributed by atoms with Crippen molar-refractivity contribution in [3.8, 4) is 11.5 Å². The molecule has 3 aromatic carbocycles. The first kappa shape index (κ1) is 16.4. The van der Waals surface area contributed by atoms with Gasteiger partial charge in [-0.2, -0.15) is 0 Å². The molecule has 24 heavy (non-hydrogen) atoms. The van der Waals surface area contributed by atoms with Crippen molar-refractivity contribution in [2.24, 2.45) is 0 Å². The highest BCUT2D eigenvalue weighted by Gasteiger charge is 2.13. The summed E-state index contributed by atoms with van der Waals surface area (Å²) >= 11 is 3.55. The van der Waals surface area contributed by atoms with Gasteiger partial charge in [-0.3, -0.25) is 0 Å². The molecule has 122 valence electrons. The van der Waals surface area contributed by atoms with Gasteiger partial charge >= 0.3 is 0 Å². The molecule has 0 bridgehead atoms. The summed E-state index contributed by atoms with van der Waals surface area (Å²) in [5.41, 5.74) is 3.18. The molecule has 0 aliphatic rings. The molecule has 4 heteroatoms. The molecule has 0 saturated carbocycles. The zero-order chi connectivity index (χ0) is 16.9. The van der Waals surface area contributed by atoms with Crippen LogP contribution in [0.2, 0.25) is 0 Å². The standard InChI is InChI=1S/C20H18BrNO2/c1-23-19-10-6-16(7-11-19)22(18-5-3-4-15(21)14-18)17-8-12-20(24-2)13-9-17/h3-14H,1-2H3. The SMILES string of the molecule is COc1ccc(N(c2ccc(OC)cc2)c2cccc(Br)c2)cc1. The lowest BCUT2D eigenvalue weighted by Crippen LogP contribution is -2.09. The third-order valence-corrected chi connectivity index (χ3v) is 4.22. The molecule has 0 N–H and O–H groups in total. The summed E-state index contributed by atoms with van der Waals surface area (Å²) in [6.45, 7) is 0. The van der Waals surface area contributed by atoms with E-state index in [4.69, 9.17) is 9.47 Å². The van der Waals surface area contributed by atoms with E-state index in [1.807, 2.05) is 60.7 Å². The number of hydrogen-bond acceptors (Lipinski definition) is 3. The topological polar surface area (TPSA) is 21.7 Å². The second kappa shape index (κ2) is 7.41. The monoisotopic (exact) mass is 383 g/mol. The van der Waals surface area contributed by atoms with E-state index < -0.39 is 0 Å². The number of rotatable bonds is 5. The molecular weight excluding hydrogens is 366 g/mol. The van der Waals surface area contributed by atoms with Crippen molar-refractivity contribution in [1.29, 1.82) is 0 Å². The maximum atomic E-state index is 5.27. The van der Waals surface area contributed by atoms with Crippen LogP contribution >= 0.6 is 15.9 Å². The van der Waals surface area contributed by atoms with Crippen molar-refractivity contribution >= 4 is 33.0 Å². The van der Waals surface area contributed by atoms with Gasteiger partial charge < -0.3 is 14.4 Å². The van der Waals surface area contributed by atoms with Crippen LogP contribution in [0.5, 0.6) is 11.5 Å². The van der Waals surface area contributed by atoms with Gasteiger partial charge in [0.25, 0.3) is 0 Å². The lowest BCUT2D eigenvalue weighted by Gasteiger charge is -2.26. The van der Waals surface area contributed by atoms with Crippen molar-refractivity contribution in [3.63, 3.8) is 0 Å². The van der Waals surface area contributed by atoms with E-state index in [1.165, 1.54) is 0 Å². The molecule has 0 spiro atoms. The van der Waals surface area contributed by atoms with E-state index in [0.29, 0.717) is 0 Å². The van der Waals surface area contributed by atoms with Crippen LogP contribution in [0.1, 0.15) is 0 Å². The van der Waals surface area contributed by atoms with Gasteiger partial charge in [0.1, 0.15) is 11.5 Å². The minimum absolute atomic E-state index is 0.836. The van der Waals surface area contributed by atoms with Gasteiger partial charge in [0, 0.05) is 21.5 Å². The molecule has 0 unspecified atom stereocenters. The highest BCUT2D eigenvalue weighted by atomic mass is 79.9. The van der Waals surface area contributed by atoms with E-state index in [1.54, 1.807) is 14.2 Å². The summed E-state index contributed by atoms with van der Waals surface area (Å²) in [6.07, 6.45) is 0. The first-order valence-electron chi connectivity index (χ1n) is 7.55. The van der Waals surface area contributed by atoms with Crippen LogP contribution in [0.3, 0.4) is 0 Å². The number of benzene rings is 3. The first-order valence-corrected chi connectivity index (χ1v) is 8.34. The summed E-state index contributed by atoms with van der Waals surface area (Å²) in [4.78, 5) is 2.18. The van der Waals surface area contributed by atoms with Gasteiger partial charge in [0.2, 0.25) is 0 Å². The smallest absolute Gasteiger partial charge is 0.119 e. The van der Waals surface area contributed by atoms with Gasteiger partial charge in [0.15, 0.2) is 0 Å². The summed E-state index contributed by atoms with van der Waals surface area (Å²) in [5.74, 6) is 1.67. The Kier molecular flexibility index (Phi) is 5.06. The Morgan fingerprint density at radius 3 is 1.58 bits per heavy atom. The van der Waals surface area contributed by atoms with Crippen LogP contribution in [0, 0.1) is 0 Å². The zero-order valence-electron chi connectivity index (χ0n) is 13.6. The maximum absolute atomic E-state index is 5.27. The predicted molar refractivity (Wildman–Crippen MR) is 102 cm³/mol. The quantitative estimate of drug-likeness (QED) is 0.544. The van der Waals surface area contributed by atoms with Crippen LogP contribution in [0.4, 0.5) is 17.1 Å². The van der Waals surface area contributed by atoms with Crippen molar-refractivity contribution < 1.29 is 9.47 Å². The lowest BCUT2D eigenvalue weighted by molar-refractivity contribution is 0.415. The van der Waals surface area contributed by atoms with E-state index in [9.17, 15) is 0 Å². The van der Waals surface area contributed by atoms with E-state index in [2.05, 4.69) is 33.0 Å². The molecule has 3 nitrogen and oxygen atoms in total. The average molecular weight is 384 g/mol. The Bertz CT molecular complexity index is 753. The zero-order valence-corrected chi connectivity index (χ0v) is 15.2. The van der Waals surface area contributed by atoms with Gasteiger partial charge in [0.05, 0.1) is 14.2 Å². The predicted octanol–water partition coefficient (Wildman–Crippen LogP) is 5.94. The highest BCUT2D eigenvalue weighted by Crippen LogP contribution is 2.36. The molecule has 0 amide bonds. The molecule has 0 saturated heterocycles. The summed E-state index contributed by atoms with van der Waals surface area (Å²) in [7, 11) is 3.34. The second-order valence-electron chi connectivity index (χ2n) is 5.21. The van der Waals surface area contributed by atoms with Gasteiger partial charge in [-0.15, -0.1) is 0 Å². The number of hydrogen-bond donors (Lipinski definition) is 0. The maximum Gasteiger partial charge on any atom is 0.119 e. The third kappa shape index (κ3) is 3.54. The summed E-state index contributed by atoms with van der Waals surface area (Å²) in [5, 5.41) is 0. The Morgan fingerprint density at radius 2 is 1.17 bits per heavy atom. The van der Waals surface area contributed by atoms with Gasteiger partial charge in [-0.05, 0) is 66.7 Å². The fraction of sp³-hybridized carbons (Fsp3) is 0.100. The molecule has 3 rings (SSSR count). The van der Waals surface area contributed by atoms with Crippen LogP contribution in [-0.4, -0.2) is 14.2 Å². The fourth-order valence-corrected chi connectivity index (χ4v) is 2.91. The second-order valence-corrected chi connectivity index (χ2v) is 6.13. The highest BCUT2D eigenvalue weighted by molar-refractivity contribution is 9.10. The number of nitrogens with zero attached hydrogens (tertiary/aromatic N) is 1. The van der Waals surface area contributed by atoms with E-state index >= 15 is 0 Å². The largest absolute Gasteiger partial charge is 0.497 e. The molecule has 0 aliphatic carbocycles. The van der Waals surface area contributed by atoms with Crippen molar-refractivity contribution in [1.82, 2.24) is 0 Å². The number of ether oxygens (including phenoxy) is 2. The van der Waals surface area contributed by atoms with Gasteiger partial charge in [-0.1, -0.05) is 22.0 Å². The van der Waals surface area contributed by atoms with Crippen LogP contribution in [0.15, 0.2) is 77.3 Å². The first-order chi connectivity index (χ1) is 11.7. The Hall–Kier alpha value is -2.46. The Morgan fingerprint density at radius 1 is 0.667 bits per heavy atom. The third-order valence-electron chi connectivity index (χ3n) is 3.73. The molecule has 0 fully saturated rings. The molecule has 0 atom stereocenters. The molecular formula is C20H18BrNO2. The number of anilines is 3. The molecule has 0 heterocycles. The molecule has 3 aromatic rings. The molecule has 0 aromatic heterocycles. The fourth-order valence-electron chi connectivity index (χ4n) is 2.53. The molecule has 0 radical (unpaired) electrons. The minimum Gasteiger partial charge on any atom is -0.497 e. The van der Waals surface area contributed by atoms with Crippen molar-refractivity contribution in [3.05, 3.63) is 77.3 Å². The summed E-state index contributed by atoms with van der Waals surface area (Å²) < 4.78 is 11.6. The number of methoxy groups -OCH3 is 2. The normalized spacial score (nSPS) is 10.3.